The Bertz CT molecular complexity index is 124. The van der Waals surface area contributed by atoms with Gasteiger partial charge in [-0.15, -0.1) is 0 Å². The molecule has 0 bridgehead atoms. The van der Waals surface area contributed by atoms with E-state index in [0.29, 0.717) is 0 Å². The maximum Gasteiger partial charge on any atom is -0.0295 e. The van der Waals surface area contributed by atoms with Gasteiger partial charge in [-0.1, -0.05) is 26.7 Å². The molecule has 2 fully saturated rings. The fourth-order valence-corrected chi connectivity index (χ4v) is 1.91. The third-order valence-corrected chi connectivity index (χ3v) is 3.25. The highest BCUT2D eigenvalue weighted by Gasteiger charge is 2.48. The molecule has 2 saturated carbocycles. The second-order valence-electron chi connectivity index (χ2n) is 4.41. The molecule has 2 rings (SSSR count). The van der Waals surface area contributed by atoms with Gasteiger partial charge in [0.05, 0.1) is 0 Å². The SMILES string of the molecule is CC1CC1(C)CC1CC1. The number of hydrogen-bond donors (Lipinski definition) is 0. The number of rotatable bonds is 2. The van der Waals surface area contributed by atoms with Crippen LogP contribution in [0.15, 0.2) is 0 Å². The third kappa shape index (κ3) is 0.997. The molecule has 2 unspecified atom stereocenters. The predicted molar refractivity (Wildman–Crippen MR) is 39.2 cm³/mol. The van der Waals surface area contributed by atoms with E-state index in [1.807, 2.05) is 0 Å². The standard InChI is InChI=1S/C9H16/c1-7-5-9(7,2)6-8-3-4-8/h7-8H,3-6H2,1-2H3. The maximum absolute atomic E-state index is 2.45. The lowest BCUT2D eigenvalue weighted by molar-refractivity contribution is 0.443. The van der Waals surface area contributed by atoms with Gasteiger partial charge in [0.1, 0.15) is 0 Å². The summed E-state index contributed by atoms with van der Waals surface area (Å²) in [7, 11) is 0. The predicted octanol–water partition coefficient (Wildman–Crippen LogP) is 2.83. The van der Waals surface area contributed by atoms with Crippen LogP contribution in [0.3, 0.4) is 0 Å². The van der Waals surface area contributed by atoms with E-state index in [-0.39, 0.29) is 0 Å². The Balaban J connectivity index is 1.84. The molecule has 0 radical (unpaired) electrons. The summed E-state index contributed by atoms with van der Waals surface area (Å²) >= 11 is 0. The van der Waals surface area contributed by atoms with Crippen molar-refractivity contribution >= 4 is 0 Å². The maximum atomic E-state index is 2.45. The first kappa shape index (κ1) is 5.76. The van der Waals surface area contributed by atoms with Crippen LogP contribution in [-0.4, -0.2) is 0 Å². The lowest BCUT2D eigenvalue weighted by Crippen LogP contribution is -1.96. The highest BCUT2D eigenvalue weighted by molar-refractivity contribution is 4.99. The molecule has 0 aromatic carbocycles. The van der Waals surface area contributed by atoms with Crippen molar-refractivity contribution < 1.29 is 0 Å². The van der Waals surface area contributed by atoms with Gasteiger partial charge in [-0.25, -0.2) is 0 Å². The summed E-state index contributed by atoms with van der Waals surface area (Å²) in [5, 5.41) is 0. The normalized spacial score (nSPS) is 49.3. The molecule has 2 atom stereocenters. The van der Waals surface area contributed by atoms with Gasteiger partial charge in [0, 0.05) is 0 Å². The van der Waals surface area contributed by atoms with Crippen molar-refractivity contribution in [2.75, 3.05) is 0 Å². The first-order chi connectivity index (χ1) is 4.21. The van der Waals surface area contributed by atoms with Crippen molar-refractivity contribution in [1.29, 1.82) is 0 Å². The molecule has 0 aromatic rings. The lowest BCUT2D eigenvalue weighted by Gasteiger charge is -2.06. The van der Waals surface area contributed by atoms with E-state index in [1.165, 1.54) is 25.7 Å². The molecular formula is C9H16. The van der Waals surface area contributed by atoms with Crippen LogP contribution in [0, 0.1) is 17.3 Å². The zero-order valence-electron chi connectivity index (χ0n) is 6.48. The van der Waals surface area contributed by atoms with Gasteiger partial charge in [-0.3, -0.25) is 0 Å². The Morgan fingerprint density at radius 2 is 2.00 bits per heavy atom. The van der Waals surface area contributed by atoms with Crippen LogP contribution in [0.2, 0.25) is 0 Å². The first-order valence-electron chi connectivity index (χ1n) is 4.21. The van der Waals surface area contributed by atoms with Crippen molar-refractivity contribution in [3.8, 4) is 0 Å². The average Bonchev–Trinajstić information content (AvgIpc) is 2.56. The Morgan fingerprint density at radius 3 is 2.33 bits per heavy atom. The summed E-state index contributed by atoms with van der Waals surface area (Å²) in [6, 6.07) is 0. The van der Waals surface area contributed by atoms with E-state index in [9.17, 15) is 0 Å². The molecule has 0 saturated heterocycles. The van der Waals surface area contributed by atoms with Gasteiger partial charge in [0.25, 0.3) is 0 Å². The fourth-order valence-electron chi connectivity index (χ4n) is 1.91. The van der Waals surface area contributed by atoms with E-state index in [4.69, 9.17) is 0 Å². The van der Waals surface area contributed by atoms with Gasteiger partial charge >= 0.3 is 0 Å². The molecule has 0 heteroatoms. The highest BCUT2D eigenvalue weighted by Crippen LogP contribution is 2.58. The summed E-state index contributed by atoms with van der Waals surface area (Å²) in [4.78, 5) is 0. The molecule has 9 heavy (non-hydrogen) atoms. The molecule has 2 aliphatic carbocycles. The summed E-state index contributed by atoms with van der Waals surface area (Å²) in [6.07, 6.45) is 6.10. The molecular weight excluding hydrogens is 108 g/mol. The molecule has 0 amide bonds. The van der Waals surface area contributed by atoms with Crippen LogP contribution in [-0.2, 0) is 0 Å². The van der Waals surface area contributed by atoms with Crippen LogP contribution in [0.4, 0.5) is 0 Å². The molecule has 0 N–H and O–H groups in total. The van der Waals surface area contributed by atoms with Gasteiger partial charge in [0.2, 0.25) is 0 Å². The number of hydrogen-bond acceptors (Lipinski definition) is 0. The minimum Gasteiger partial charge on any atom is -0.0620 e. The van der Waals surface area contributed by atoms with Crippen LogP contribution < -0.4 is 0 Å². The fraction of sp³-hybridized carbons (Fsp3) is 1.00. The summed E-state index contributed by atoms with van der Waals surface area (Å²) in [5.41, 5.74) is 0.793. The molecule has 0 aromatic heterocycles. The van der Waals surface area contributed by atoms with E-state index < -0.39 is 0 Å². The Kier molecular flexibility index (Phi) is 0.980. The van der Waals surface area contributed by atoms with Gasteiger partial charge < -0.3 is 0 Å². The monoisotopic (exact) mass is 124 g/mol. The van der Waals surface area contributed by atoms with E-state index in [0.717, 1.165) is 17.3 Å². The molecule has 0 heterocycles. The lowest BCUT2D eigenvalue weighted by atomic mass is 9.99. The first-order valence-corrected chi connectivity index (χ1v) is 4.21. The van der Waals surface area contributed by atoms with Crippen LogP contribution >= 0.6 is 0 Å². The molecule has 52 valence electrons. The van der Waals surface area contributed by atoms with Crippen molar-refractivity contribution in [1.82, 2.24) is 0 Å². The molecule has 0 aliphatic heterocycles. The second kappa shape index (κ2) is 1.53. The van der Waals surface area contributed by atoms with Crippen molar-refractivity contribution in [3.63, 3.8) is 0 Å². The van der Waals surface area contributed by atoms with E-state index in [2.05, 4.69) is 13.8 Å². The van der Waals surface area contributed by atoms with E-state index >= 15 is 0 Å². The largest absolute Gasteiger partial charge is 0.0620 e. The van der Waals surface area contributed by atoms with Crippen LogP contribution in [0.1, 0.15) is 39.5 Å². The highest BCUT2D eigenvalue weighted by atomic mass is 14.5. The summed E-state index contributed by atoms with van der Waals surface area (Å²) in [5.74, 6) is 2.18. The minimum absolute atomic E-state index is 0.793. The van der Waals surface area contributed by atoms with Gasteiger partial charge in [0.15, 0.2) is 0 Å². The van der Waals surface area contributed by atoms with Gasteiger partial charge in [-0.05, 0) is 30.1 Å². The molecule has 0 spiro atoms. The van der Waals surface area contributed by atoms with Gasteiger partial charge in [-0.2, -0.15) is 0 Å². The van der Waals surface area contributed by atoms with Crippen molar-refractivity contribution in [2.45, 2.75) is 39.5 Å². The van der Waals surface area contributed by atoms with Crippen LogP contribution in [0.25, 0.3) is 0 Å². The second-order valence-corrected chi connectivity index (χ2v) is 4.41. The van der Waals surface area contributed by atoms with Crippen molar-refractivity contribution in [2.24, 2.45) is 17.3 Å². The van der Waals surface area contributed by atoms with E-state index in [1.54, 1.807) is 0 Å². The summed E-state index contributed by atoms with van der Waals surface area (Å²) < 4.78 is 0. The zero-order valence-corrected chi connectivity index (χ0v) is 6.48. The van der Waals surface area contributed by atoms with Crippen molar-refractivity contribution in [3.05, 3.63) is 0 Å². The third-order valence-electron chi connectivity index (χ3n) is 3.25. The Morgan fingerprint density at radius 1 is 1.44 bits per heavy atom. The average molecular weight is 124 g/mol. The smallest absolute Gasteiger partial charge is 0.0295 e. The summed E-state index contributed by atoms with van der Waals surface area (Å²) in [6.45, 7) is 4.85. The molecule has 0 nitrogen and oxygen atoms in total. The Labute approximate surface area is 57.6 Å². The zero-order chi connectivity index (χ0) is 6.48. The topological polar surface area (TPSA) is 0 Å². The quantitative estimate of drug-likeness (QED) is 0.531. The minimum atomic E-state index is 0.793. The Hall–Kier alpha value is 0. The molecule has 2 aliphatic rings. The van der Waals surface area contributed by atoms with Crippen LogP contribution in [0.5, 0.6) is 0 Å².